The highest BCUT2D eigenvalue weighted by Gasteiger charge is 2.39. The Bertz CT molecular complexity index is 633. The molecule has 3 heterocycles. The quantitative estimate of drug-likeness (QED) is 0.908. The van der Waals surface area contributed by atoms with Gasteiger partial charge in [-0.25, -0.2) is 4.98 Å². The molecule has 6 heteroatoms. The number of likely N-dealkylation sites (tertiary alicyclic amines) is 1. The van der Waals surface area contributed by atoms with E-state index >= 15 is 0 Å². The van der Waals surface area contributed by atoms with Crippen molar-refractivity contribution < 1.29 is 9.59 Å². The number of rotatable bonds is 4. The van der Waals surface area contributed by atoms with E-state index in [0.29, 0.717) is 24.6 Å². The Morgan fingerprint density at radius 1 is 1.12 bits per heavy atom. The Morgan fingerprint density at radius 3 is 2.52 bits per heavy atom. The molecule has 134 valence electrons. The average molecular weight is 342 g/mol. The summed E-state index contributed by atoms with van der Waals surface area (Å²) in [7, 11) is 0. The number of hydrogen-bond donors (Lipinski definition) is 1. The Morgan fingerprint density at radius 2 is 1.88 bits per heavy atom. The number of nitrogens with one attached hydrogen (secondary N) is 1. The lowest BCUT2D eigenvalue weighted by molar-refractivity contribution is -0.128. The number of hydrogen-bond acceptors (Lipinski definition) is 4. The largest absolute Gasteiger partial charge is 0.357 e. The second kappa shape index (κ2) is 7.02. The molecule has 1 saturated carbocycles. The number of amides is 2. The summed E-state index contributed by atoms with van der Waals surface area (Å²) in [4.78, 5) is 33.2. The van der Waals surface area contributed by atoms with Crippen molar-refractivity contribution >= 4 is 17.6 Å². The molecule has 0 bridgehead atoms. The molecule has 0 aromatic carbocycles. The van der Waals surface area contributed by atoms with E-state index in [1.807, 2.05) is 17.0 Å². The Balaban J connectivity index is 1.35. The van der Waals surface area contributed by atoms with Crippen LogP contribution in [0.4, 0.5) is 5.82 Å². The number of pyridine rings is 1. The van der Waals surface area contributed by atoms with Gasteiger partial charge in [-0.2, -0.15) is 0 Å². The molecule has 4 rings (SSSR count). The van der Waals surface area contributed by atoms with Crippen molar-refractivity contribution in [2.75, 3.05) is 24.5 Å². The van der Waals surface area contributed by atoms with Crippen LogP contribution in [0.15, 0.2) is 18.3 Å². The lowest BCUT2D eigenvalue weighted by atomic mass is 10.2. The van der Waals surface area contributed by atoms with Gasteiger partial charge >= 0.3 is 0 Å². The van der Waals surface area contributed by atoms with Crippen molar-refractivity contribution in [1.82, 2.24) is 15.2 Å². The van der Waals surface area contributed by atoms with Crippen molar-refractivity contribution in [1.29, 1.82) is 0 Å². The van der Waals surface area contributed by atoms with Gasteiger partial charge in [-0.15, -0.1) is 0 Å². The summed E-state index contributed by atoms with van der Waals surface area (Å²) in [5.74, 6) is 0.988. The number of aromatic nitrogens is 1. The third-order valence-corrected chi connectivity index (χ3v) is 5.42. The maximum atomic E-state index is 12.4. The summed E-state index contributed by atoms with van der Waals surface area (Å²) in [6.45, 7) is 2.73. The van der Waals surface area contributed by atoms with Crippen LogP contribution in [-0.4, -0.2) is 53.4 Å². The highest BCUT2D eigenvalue weighted by Crippen LogP contribution is 2.30. The maximum absolute atomic E-state index is 12.4. The monoisotopic (exact) mass is 342 g/mol. The fraction of sp³-hybridized carbons (Fsp3) is 0.632. The second-order valence-electron chi connectivity index (χ2n) is 7.46. The molecule has 1 N–H and O–H groups in total. The molecular weight excluding hydrogens is 316 g/mol. The van der Waals surface area contributed by atoms with Crippen molar-refractivity contribution in [2.24, 2.45) is 0 Å². The van der Waals surface area contributed by atoms with E-state index < -0.39 is 0 Å². The van der Waals surface area contributed by atoms with Gasteiger partial charge in [0.2, 0.25) is 5.91 Å². The van der Waals surface area contributed by atoms with Crippen molar-refractivity contribution in [3.05, 3.63) is 23.9 Å². The SMILES string of the molecule is O=C(NC1CC(=O)N(C2CC2)C1)c1ccc(N2CCCCCC2)nc1. The molecule has 1 aliphatic carbocycles. The Hall–Kier alpha value is -2.11. The predicted molar refractivity (Wildman–Crippen MR) is 95.5 cm³/mol. The first-order chi connectivity index (χ1) is 12.2. The highest BCUT2D eigenvalue weighted by atomic mass is 16.2. The Kier molecular flexibility index (Phi) is 4.59. The first kappa shape index (κ1) is 16.4. The van der Waals surface area contributed by atoms with Gasteiger partial charge in [0.1, 0.15) is 5.82 Å². The molecule has 1 aromatic rings. The summed E-state index contributed by atoms with van der Waals surface area (Å²) < 4.78 is 0. The molecule has 1 atom stereocenters. The molecule has 3 fully saturated rings. The molecule has 2 amide bonds. The molecular formula is C19H26N4O2. The van der Waals surface area contributed by atoms with Gasteiger partial charge in [-0.1, -0.05) is 12.8 Å². The van der Waals surface area contributed by atoms with E-state index in [2.05, 4.69) is 15.2 Å². The van der Waals surface area contributed by atoms with Gasteiger partial charge in [0.15, 0.2) is 0 Å². The van der Waals surface area contributed by atoms with E-state index in [1.54, 1.807) is 6.20 Å². The number of carbonyl (C=O) groups is 2. The third kappa shape index (κ3) is 3.78. The minimum Gasteiger partial charge on any atom is -0.357 e. The van der Waals surface area contributed by atoms with Crippen LogP contribution in [0.2, 0.25) is 0 Å². The fourth-order valence-corrected chi connectivity index (χ4v) is 3.84. The van der Waals surface area contributed by atoms with E-state index in [-0.39, 0.29) is 17.9 Å². The first-order valence-corrected chi connectivity index (χ1v) is 9.52. The molecule has 6 nitrogen and oxygen atoms in total. The summed E-state index contributed by atoms with van der Waals surface area (Å²) in [5.41, 5.74) is 0.566. The van der Waals surface area contributed by atoms with E-state index in [4.69, 9.17) is 0 Å². The molecule has 2 aliphatic heterocycles. The fourth-order valence-electron chi connectivity index (χ4n) is 3.84. The topological polar surface area (TPSA) is 65.5 Å². The van der Waals surface area contributed by atoms with Gasteiger partial charge in [-0.3, -0.25) is 9.59 Å². The lowest BCUT2D eigenvalue weighted by Crippen LogP contribution is -2.37. The lowest BCUT2D eigenvalue weighted by Gasteiger charge is -2.21. The van der Waals surface area contributed by atoms with Crippen LogP contribution in [0.1, 0.15) is 55.3 Å². The van der Waals surface area contributed by atoms with E-state index in [9.17, 15) is 9.59 Å². The molecule has 1 aromatic heterocycles. The van der Waals surface area contributed by atoms with E-state index in [1.165, 1.54) is 25.7 Å². The molecule has 2 saturated heterocycles. The van der Waals surface area contributed by atoms with Gasteiger partial charge in [-0.05, 0) is 37.8 Å². The minimum atomic E-state index is -0.134. The molecule has 25 heavy (non-hydrogen) atoms. The predicted octanol–water partition coefficient (Wildman–Crippen LogP) is 1.96. The minimum absolute atomic E-state index is 0.0779. The molecule has 0 radical (unpaired) electrons. The van der Waals surface area contributed by atoms with Crippen molar-refractivity contribution in [3.63, 3.8) is 0 Å². The Labute approximate surface area is 148 Å². The van der Waals surface area contributed by atoms with Gasteiger partial charge in [0.05, 0.1) is 11.6 Å². The summed E-state index contributed by atoms with van der Waals surface area (Å²) in [5, 5.41) is 2.99. The average Bonchev–Trinajstić information content (AvgIpc) is 3.43. The number of anilines is 1. The van der Waals surface area contributed by atoms with Crippen LogP contribution < -0.4 is 10.2 Å². The van der Waals surface area contributed by atoms with Gasteiger partial charge < -0.3 is 15.1 Å². The van der Waals surface area contributed by atoms with Gasteiger partial charge in [0, 0.05) is 38.3 Å². The van der Waals surface area contributed by atoms with Gasteiger partial charge in [0.25, 0.3) is 5.91 Å². The maximum Gasteiger partial charge on any atom is 0.253 e. The second-order valence-corrected chi connectivity index (χ2v) is 7.46. The first-order valence-electron chi connectivity index (χ1n) is 9.52. The standard InChI is InChI=1S/C19H26N4O2/c24-18-11-15(13-23(18)16-6-7-16)21-19(25)14-5-8-17(20-12-14)22-9-3-1-2-4-10-22/h5,8,12,15-16H,1-4,6-7,9-11,13H2,(H,21,25). The van der Waals surface area contributed by atoms with Crippen LogP contribution in [0.25, 0.3) is 0 Å². The third-order valence-electron chi connectivity index (χ3n) is 5.42. The summed E-state index contributed by atoms with van der Waals surface area (Å²) in [6.07, 6.45) is 9.27. The number of carbonyl (C=O) groups excluding carboxylic acids is 2. The molecule has 3 aliphatic rings. The molecule has 1 unspecified atom stereocenters. The van der Waals surface area contributed by atoms with Crippen LogP contribution in [-0.2, 0) is 4.79 Å². The van der Waals surface area contributed by atoms with Crippen LogP contribution in [0.5, 0.6) is 0 Å². The highest BCUT2D eigenvalue weighted by molar-refractivity contribution is 5.95. The number of nitrogens with zero attached hydrogens (tertiary/aromatic N) is 3. The molecule has 0 spiro atoms. The summed E-state index contributed by atoms with van der Waals surface area (Å²) in [6, 6.07) is 4.13. The zero-order valence-corrected chi connectivity index (χ0v) is 14.6. The van der Waals surface area contributed by atoms with Crippen molar-refractivity contribution in [2.45, 2.75) is 57.0 Å². The van der Waals surface area contributed by atoms with Crippen LogP contribution >= 0.6 is 0 Å². The zero-order chi connectivity index (χ0) is 17.2. The summed E-state index contributed by atoms with van der Waals surface area (Å²) >= 11 is 0. The smallest absolute Gasteiger partial charge is 0.253 e. The zero-order valence-electron chi connectivity index (χ0n) is 14.6. The van der Waals surface area contributed by atoms with Crippen LogP contribution in [0.3, 0.4) is 0 Å². The van der Waals surface area contributed by atoms with E-state index in [0.717, 1.165) is 31.7 Å². The van der Waals surface area contributed by atoms with Crippen LogP contribution in [0, 0.1) is 0 Å². The van der Waals surface area contributed by atoms with Crippen molar-refractivity contribution in [3.8, 4) is 0 Å². The normalized spacial score (nSPS) is 24.3.